The van der Waals surface area contributed by atoms with Gasteiger partial charge in [0.15, 0.2) is 5.78 Å². The number of carbonyl (C=O) groups excluding carboxylic acids is 2. The molecule has 0 fully saturated rings. The molecule has 0 bridgehead atoms. The van der Waals surface area contributed by atoms with Gasteiger partial charge in [-0.3, -0.25) is 19.9 Å². The Morgan fingerprint density at radius 2 is 2.09 bits per heavy atom. The standard InChI is InChI=1S/C14H16N4O5/c1-8-4-9(14(20)23-3)13(10(5-8)18(21)22)11(19)6-12(16-2)17-7-15/h4-5,7H,6H2,1-3H3,(H2,15,16,17). The van der Waals surface area contributed by atoms with E-state index >= 15 is 0 Å². The highest BCUT2D eigenvalue weighted by Gasteiger charge is 2.29. The van der Waals surface area contributed by atoms with Gasteiger partial charge in [0.05, 0.1) is 30.4 Å². The highest BCUT2D eigenvalue weighted by Crippen LogP contribution is 2.27. The van der Waals surface area contributed by atoms with Crippen molar-refractivity contribution in [3.05, 3.63) is 38.9 Å². The van der Waals surface area contributed by atoms with Gasteiger partial charge < -0.3 is 10.5 Å². The fourth-order valence-corrected chi connectivity index (χ4v) is 1.98. The number of nitro benzene ring substituents is 1. The lowest BCUT2D eigenvalue weighted by Crippen LogP contribution is -2.16. The van der Waals surface area contributed by atoms with Crippen molar-refractivity contribution in [1.29, 1.82) is 0 Å². The van der Waals surface area contributed by atoms with E-state index in [4.69, 9.17) is 5.73 Å². The van der Waals surface area contributed by atoms with Crippen molar-refractivity contribution in [2.75, 3.05) is 14.2 Å². The zero-order chi connectivity index (χ0) is 17.6. The number of aliphatic imine (C=N–C) groups is 2. The van der Waals surface area contributed by atoms with Crippen LogP contribution in [0.2, 0.25) is 0 Å². The van der Waals surface area contributed by atoms with Crippen LogP contribution in [0.1, 0.15) is 32.7 Å². The Kier molecular flexibility index (Phi) is 6.07. The average molecular weight is 320 g/mol. The van der Waals surface area contributed by atoms with Gasteiger partial charge in [0.25, 0.3) is 5.69 Å². The fourth-order valence-electron chi connectivity index (χ4n) is 1.98. The van der Waals surface area contributed by atoms with Crippen molar-refractivity contribution in [3.8, 4) is 0 Å². The SMILES string of the molecule is CN=C(CC(=O)c1c(C(=O)OC)cc(C)cc1[N+](=O)[O-])N=CN. The zero-order valence-corrected chi connectivity index (χ0v) is 12.9. The summed E-state index contributed by atoms with van der Waals surface area (Å²) in [6.45, 7) is 1.57. The summed E-state index contributed by atoms with van der Waals surface area (Å²) in [5.41, 5.74) is 4.63. The second-order valence-electron chi connectivity index (χ2n) is 4.47. The van der Waals surface area contributed by atoms with Gasteiger partial charge in [0.2, 0.25) is 0 Å². The van der Waals surface area contributed by atoms with Gasteiger partial charge >= 0.3 is 5.97 Å². The van der Waals surface area contributed by atoms with Crippen LogP contribution in [0.5, 0.6) is 0 Å². The third kappa shape index (κ3) is 4.19. The molecule has 0 aliphatic rings. The van der Waals surface area contributed by atoms with E-state index in [1.807, 2.05) is 0 Å². The summed E-state index contributed by atoms with van der Waals surface area (Å²) < 4.78 is 4.60. The van der Waals surface area contributed by atoms with Crippen LogP contribution in [0.4, 0.5) is 5.69 Å². The van der Waals surface area contributed by atoms with E-state index in [-0.39, 0.29) is 23.4 Å². The van der Waals surface area contributed by atoms with Crippen LogP contribution >= 0.6 is 0 Å². The maximum atomic E-state index is 12.5. The van der Waals surface area contributed by atoms with Crippen LogP contribution < -0.4 is 5.73 Å². The van der Waals surface area contributed by atoms with Gasteiger partial charge in [-0.2, -0.15) is 0 Å². The normalized spacial score (nSPS) is 11.5. The molecule has 0 saturated heterocycles. The molecule has 1 aromatic rings. The number of esters is 1. The molecule has 1 aromatic carbocycles. The van der Waals surface area contributed by atoms with Crippen molar-refractivity contribution in [2.45, 2.75) is 13.3 Å². The number of ether oxygens (including phenoxy) is 1. The highest BCUT2D eigenvalue weighted by atomic mass is 16.6. The van der Waals surface area contributed by atoms with Crippen molar-refractivity contribution in [1.82, 2.24) is 0 Å². The predicted molar refractivity (Wildman–Crippen MR) is 84.2 cm³/mol. The lowest BCUT2D eigenvalue weighted by molar-refractivity contribution is -0.385. The van der Waals surface area contributed by atoms with Gasteiger partial charge in [-0.1, -0.05) is 0 Å². The summed E-state index contributed by atoms with van der Waals surface area (Å²) in [7, 11) is 2.53. The molecule has 122 valence electrons. The number of nitrogens with zero attached hydrogens (tertiary/aromatic N) is 3. The number of nitro groups is 1. The minimum atomic E-state index is -0.836. The van der Waals surface area contributed by atoms with E-state index in [9.17, 15) is 19.7 Å². The Bertz CT molecular complexity index is 709. The van der Waals surface area contributed by atoms with Crippen LogP contribution in [-0.4, -0.2) is 43.0 Å². The van der Waals surface area contributed by atoms with Crippen molar-refractivity contribution < 1.29 is 19.2 Å². The van der Waals surface area contributed by atoms with Crippen LogP contribution in [0.25, 0.3) is 0 Å². The minimum absolute atomic E-state index is 0.0863. The molecule has 0 amide bonds. The highest BCUT2D eigenvalue weighted by molar-refractivity contribution is 6.16. The molecule has 0 spiro atoms. The van der Waals surface area contributed by atoms with E-state index in [0.717, 1.165) is 13.4 Å². The number of carbonyl (C=O) groups is 2. The lowest BCUT2D eigenvalue weighted by Gasteiger charge is -2.09. The molecule has 2 N–H and O–H groups in total. The second-order valence-corrected chi connectivity index (χ2v) is 4.47. The van der Waals surface area contributed by atoms with Gasteiger partial charge in [0, 0.05) is 13.1 Å². The van der Waals surface area contributed by atoms with Crippen molar-refractivity contribution >= 4 is 29.6 Å². The number of hydrogen-bond acceptors (Lipinski definition) is 6. The van der Waals surface area contributed by atoms with E-state index in [1.54, 1.807) is 6.92 Å². The van der Waals surface area contributed by atoms with Gasteiger partial charge in [-0.25, -0.2) is 9.79 Å². The molecule has 9 nitrogen and oxygen atoms in total. The number of amidine groups is 1. The third-order valence-electron chi connectivity index (χ3n) is 2.94. The molecular formula is C14H16N4O5. The first kappa shape index (κ1) is 18.0. The first-order chi connectivity index (χ1) is 10.8. The number of aryl methyl sites for hydroxylation is 1. The van der Waals surface area contributed by atoms with E-state index < -0.39 is 22.4 Å². The Morgan fingerprint density at radius 3 is 2.57 bits per heavy atom. The maximum absolute atomic E-state index is 12.5. The fraction of sp³-hybridized carbons (Fsp3) is 0.286. The summed E-state index contributed by atoms with van der Waals surface area (Å²) in [6, 6.07) is 2.58. The second kappa shape index (κ2) is 7.78. The number of rotatable bonds is 5. The molecule has 0 saturated carbocycles. The zero-order valence-electron chi connectivity index (χ0n) is 12.9. The van der Waals surface area contributed by atoms with Crippen LogP contribution in [0, 0.1) is 17.0 Å². The maximum Gasteiger partial charge on any atom is 0.338 e. The minimum Gasteiger partial charge on any atom is -0.465 e. The van der Waals surface area contributed by atoms with Crippen LogP contribution in [0.3, 0.4) is 0 Å². The van der Waals surface area contributed by atoms with Gasteiger partial charge in [-0.05, 0) is 18.6 Å². The predicted octanol–water partition coefficient (Wildman–Crippen LogP) is 1.28. The first-order valence-electron chi connectivity index (χ1n) is 6.46. The van der Waals surface area contributed by atoms with Crippen molar-refractivity contribution in [3.63, 3.8) is 0 Å². The Morgan fingerprint density at radius 1 is 1.43 bits per heavy atom. The number of ketones is 1. The summed E-state index contributed by atoms with van der Waals surface area (Å²) >= 11 is 0. The molecule has 0 aliphatic heterocycles. The quantitative estimate of drug-likeness (QED) is 0.216. The summed E-state index contributed by atoms with van der Waals surface area (Å²) in [5.74, 6) is -1.43. The monoisotopic (exact) mass is 320 g/mol. The molecule has 0 radical (unpaired) electrons. The molecule has 0 unspecified atom stereocenters. The lowest BCUT2D eigenvalue weighted by atomic mass is 9.97. The third-order valence-corrected chi connectivity index (χ3v) is 2.94. The number of benzene rings is 1. The van der Waals surface area contributed by atoms with E-state index in [2.05, 4.69) is 14.7 Å². The summed E-state index contributed by atoms with van der Waals surface area (Å²) in [5, 5.41) is 11.2. The topological polar surface area (TPSA) is 137 Å². The number of methoxy groups -OCH3 is 1. The molecule has 0 atom stereocenters. The molecule has 0 aliphatic carbocycles. The Balaban J connectivity index is 3.50. The Hall–Kier alpha value is -3.10. The smallest absolute Gasteiger partial charge is 0.338 e. The number of Topliss-reactive ketones (excluding diaryl/α,β-unsaturated/α-hetero) is 1. The molecular weight excluding hydrogens is 304 g/mol. The Labute approximate surface area is 132 Å². The molecule has 23 heavy (non-hydrogen) atoms. The first-order valence-corrected chi connectivity index (χ1v) is 6.46. The average Bonchev–Trinajstić information content (AvgIpc) is 2.52. The molecule has 1 rings (SSSR count). The van der Waals surface area contributed by atoms with Gasteiger partial charge in [0.1, 0.15) is 11.4 Å². The van der Waals surface area contributed by atoms with Crippen LogP contribution in [-0.2, 0) is 4.74 Å². The largest absolute Gasteiger partial charge is 0.465 e. The van der Waals surface area contributed by atoms with Crippen molar-refractivity contribution in [2.24, 2.45) is 15.7 Å². The molecule has 9 heteroatoms. The number of hydrogen-bond donors (Lipinski definition) is 1. The van der Waals surface area contributed by atoms with E-state index in [0.29, 0.717) is 5.56 Å². The molecule has 0 heterocycles. The summed E-state index contributed by atoms with van der Waals surface area (Å²) in [4.78, 5) is 42.3. The van der Waals surface area contributed by atoms with Crippen LogP contribution in [0.15, 0.2) is 22.1 Å². The van der Waals surface area contributed by atoms with Gasteiger partial charge in [-0.15, -0.1) is 0 Å². The van der Waals surface area contributed by atoms with E-state index in [1.165, 1.54) is 19.2 Å². The molecule has 0 aromatic heterocycles. The summed E-state index contributed by atoms with van der Waals surface area (Å²) in [6.07, 6.45) is 0.623. The number of nitrogens with two attached hydrogens (primary N) is 1.